The van der Waals surface area contributed by atoms with Gasteiger partial charge >= 0.3 is 0 Å². The summed E-state index contributed by atoms with van der Waals surface area (Å²) in [5.74, 6) is 0. The molecule has 3 nitrogen and oxygen atoms in total. The van der Waals surface area contributed by atoms with Crippen LogP contribution in [0.1, 0.15) is 25.3 Å². The van der Waals surface area contributed by atoms with Crippen molar-refractivity contribution in [2.24, 2.45) is 0 Å². The van der Waals surface area contributed by atoms with E-state index in [0.717, 1.165) is 6.54 Å². The average molecular weight is 248 g/mol. The topological polar surface area (TPSA) is 35.5 Å². The van der Waals surface area contributed by atoms with Crippen LogP contribution >= 0.6 is 0 Å². The number of aliphatic hydroxyl groups is 1. The van der Waals surface area contributed by atoms with Gasteiger partial charge in [0.15, 0.2) is 0 Å². The first-order chi connectivity index (χ1) is 8.69. The number of nitrogens with one attached hydrogen (secondary N) is 1. The fraction of sp³-hybridized carbons (Fsp3) is 0.600. The third kappa shape index (κ3) is 4.00. The highest BCUT2D eigenvalue weighted by atomic mass is 16.3. The molecule has 1 fully saturated rings. The van der Waals surface area contributed by atoms with E-state index < -0.39 is 0 Å². The minimum Gasteiger partial charge on any atom is -0.390 e. The maximum Gasteiger partial charge on any atom is 0.0839 e. The molecule has 0 spiro atoms. The zero-order valence-corrected chi connectivity index (χ0v) is 11.4. The minimum absolute atomic E-state index is 0.300. The Labute approximate surface area is 110 Å². The Morgan fingerprint density at radius 3 is 2.83 bits per heavy atom. The first-order valence-electron chi connectivity index (χ1n) is 6.92. The molecular formula is C15H24N2O. The monoisotopic (exact) mass is 248 g/mol. The fourth-order valence-corrected chi connectivity index (χ4v) is 2.15. The van der Waals surface area contributed by atoms with Crippen molar-refractivity contribution in [2.75, 3.05) is 24.5 Å². The van der Waals surface area contributed by atoms with Crippen LogP contribution in [0.2, 0.25) is 0 Å². The minimum atomic E-state index is -0.300. The van der Waals surface area contributed by atoms with E-state index in [-0.39, 0.29) is 6.10 Å². The summed E-state index contributed by atoms with van der Waals surface area (Å²) in [6.45, 7) is 6.54. The van der Waals surface area contributed by atoms with Gasteiger partial charge in [-0.3, -0.25) is 0 Å². The number of nitrogens with zero attached hydrogens (tertiary/aromatic N) is 1. The summed E-state index contributed by atoms with van der Waals surface area (Å²) in [6, 6.07) is 9.11. The van der Waals surface area contributed by atoms with Crippen molar-refractivity contribution in [1.82, 2.24) is 5.32 Å². The van der Waals surface area contributed by atoms with Gasteiger partial charge in [-0.15, -0.1) is 0 Å². The van der Waals surface area contributed by atoms with Gasteiger partial charge in [0, 0.05) is 31.4 Å². The lowest BCUT2D eigenvalue weighted by atomic mass is 10.2. The van der Waals surface area contributed by atoms with Crippen LogP contribution in [0.5, 0.6) is 0 Å². The number of aryl methyl sites for hydroxylation is 1. The molecule has 2 N–H and O–H groups in total. The van der Waals surface area contributed by atoms with Crippen LogP contribution in [0.25, 0.3) is 0 Å². The molecule has 18 heavy (non-hydrogen) atoms. The summed E-state index contributed by atoms with van der Waals surface area (Å²) >= 11 is 0. The molecule has 0 amide bonds. The van der Waals surface area contributed by atoms with Gasteiger partial charge in [-0.1, -0.05) is 12.1 Å². The van der Waals surface area contributed by atoms with Crippen LogP contribution in [0.4, 0.5) is 5.69 Å². The molecule has 1 aliphatic carbocycles. The highest BCUT2D eigenvalue weighted by molar-refractivity contribution is 5.48. The van der Waals surface area contributed by atoms with E-state index in [0.29, 0.717) is 19.1 Å². The van der Waals surface area contributed by atoms with Gasteiger partial charge in [0.05, 0.1) is 6.10 Å². The van der Waals surface area contributed by atoms with Crippen molar-refractivity contribution in [1.29, 1.82) is 0 Å². The van der Waals surface area contributed by atoms with Crippen molar-refractivity contribution >= 4 is 5.69 Å². The predicted molar refractivity (Wildman–Crippen MR) is 76.1 cm³/mol. The van der Waals surface area contributed by atoms with Gasteiger partial charge in [-0.05, 0) is 44.4 Å². The summed E-state index contributed by atoms with van der Waals surface area (Å²) in [7, 11) is 0. The second-order valence-electron chi connectivity index (χ2n) is 5.21. The second kappa shape index (κ2) is 6.21. The number of likely N-dealkylation sites (N-methyl/N-ethyl adjacent to an activating group) is 1. The number of rotatable bonds is 7. The van der Waals surface area contributed by atoms with Crippen molar-refractivity contribution in [3.05, 3.63) is 29.8 Å². The second-order valence-corrected chi connectivity index (χ2v) is 5.21. The van der Waals surface area contributed by atoms with Gasteiger partial charge in [0.1, 0.15) is 0 Å². The lowest BCUT2D eigenvalue weighted by molar-refractivity contribution is 0.176. The quantitative estimate of drug-likeness (QED) is 0.774. The first kappa shape index (κ1) is 13.4. The number of benzene rings is 1. The zero-order valence-electron chi connectivity index (χ0n) is 11.4. The van der Waals surface area contributed by atoms with E-state index in [1.807, 2.05) is 0 Å². The maximum atomic E-state index is 10.1. The van der Waals surface area contributed by atoms with Crippen LogP contribution in [0, 0.1) is 6.92 Å². The summed E-state index contributed by atoms with van der Waals surface area (Å²) < 4.78 is 0. The molecule has 0 bridgehead atoms. The molecule has 0 heterocycles. The van der Waals surface area contributed by atoms with E-state index in [2.05, 4.69) is 48.3 Å². The SMILES string of the molecule is CCN(CC(O)CNC1CC1)c1cccc(C)c1. The zero-order chi connectivity index (χ0) is 13.0. The van der Waals surface area contributed by atoms with E-state index in [9.17, 15) is 5.11 Å². The Hall–Kier alpha value is -1.06. The van der Waals surface area contributed by atoms with Crippen LogP contribution in [0.15, 0.2) is 24.3 Å². The molecule has 2 rings (SSSR count). The third-order valence-electron chi connectivity index (χ3n) is 3.40. The molecule has 0 aliphatic heterocycles. The molecule has 0 radical (unpaired) electrons. The first-order valence-corrected chi connectivity index (χ1v) is 6.92. The van der Waals surface area contributed by atoms with Crippen LogP contribution in [-0.2, 0) is 0 Å². The van der Waals surface area contributed by atoms with Gasteiger partial charge in [-0.25, -0.2) is 0 Å². The van der Waals surface area contributed by atoms with Crippen LogP contribution < -0.4 is 10.2 Å². The summed E-state index contributed by atoms with van der Waals surface area (Å²) in [6.07, 6.45) is 2.23. The smallest absolute Gasteiger partial charge is 0.0839 e. The van der Waals surface area contributed by atoms with Crippen molar-refractivity contribution in [2.45, 2.75) is 38.8 Å². The number of anilines is 1. The van der Waals surface area contributed by atoms with Crippen molar-refractivity contribution < 1.29 is 5.11 Å². The molecule has 1 atom stereocenters. The molecular weight excluding hydrogens is 224 g/mol. The van der Waals surface area contributed by atoms with E-state index in [1.165, 1.54) is 24.1 Å². The summed E-state index contributed by atoms with van der Waals surface area (Å²) in [5, 5.41) is 13.4. The molecule has 3 heteroatoms. The number of hydrogen-bond acceptors (Lipinski definition) is 3. The molecule has 100 valence electrons. The molecule has 0 aromatic heterocycles. The molecule has 1 aromatic rings. The summed E-state index contributed by atoms with van der Waals surface area (Å²) in [5.41, 5.74) is 2.46. The number of aliphatic hydroxyl groups excluding tert-OH is 1. The predicted octanol–water partition coefficient (Wildman–Crippen LogP) is 1.93. The standard InChI is InChI=1S/C15H24N2O/c1-3-17(14-6-4-5-12(2)9-14)11-15(18)10-16-13-7-8-13/h4-6,9,13,15-16,18H,3,7-8,10-11H2,1-2H3. The Balaban J connectivity index is 1.87. The van der Waals surface area contributed by atoms with Crippen LogP contribution in [0.3, 0.4) is 0 Å². The molecule has 0 saturated heterocycles. The van der Waals surface area contributed by atoms with Crippen molar-refractivity contribution in [3.8, 4) is 0 Å². The Morgan fingerprint density at radius 2 is 2.22 bits per heavy atom. The Bertz CT molecular complexity index is 377. The average Bonchev–Trinajstić information content (AvgIpc) is 3.17. The summed E-state index contributed by atoms with van der Waals surface area (Å²) in [4.78, 5) is 2.23. The van der Waals surface area contributed by atoms with Gasteiger partial charge < -0.3 is 15.3 Å². The highest BCUT2D eigenvalue weighted by Gasteiger charge is 2.21. The molecule has 1 unspecified atom stereocenters. The Morgan fingerprint density at radius 1 is 1.44 bits per heavy atom. The van der Waals surface area contributed by atoms with Crippen molar-refractivity contribution in [3.63, 3.8) is 0 Å². The third-order valence-corrected chi connectivity index (χ3v) is 3.40. The highest BCUT2D eigenvalue weighted by Crippen LogP contribution is 2.19. The lowest BCUT2D eigenvalue weighted by Crippen LogP contribution is -2.39. The normalized spacial score (nSPS) is 16.6. The van der Waals surface area contributed by atoms with E-state index in [1.54, 1.807) is 0 Å². The maximum absolute atomic E-state index is 10.1. The van der Waals surface area contributed by atoms with E-state index in [4.69, 9.17) is 0 Å². The van der Waals surface area contributed by atoms with Gasteiger partial charge in [0.2, 0.25) is 0 Å². The lowest BCUT2D eigenvalue weighted by Gasteiger charge is -2.26. The number of hydrogen-bond donors (Lipinski definition) is 2. The van der Waals surface area contributed by atoms with Crippen LogP contribution in [-0.4, -0.2) is 36.9 Å². The van der Waals surface area contributed by atoms with Gasteiger partial charge in [0.25, 0.3) is 0 Å². The molecule has 1 aromatic carbocycles. The van der Waals surface area contributed by atoms with E-state index >= 15 is 0 Å². The molecule has 1 saturated carbocycles. The fourth-order valence-electron chi connectivity index (χ4n) is 2.15. The Kier molecular flexibility index (Phi) is 4.61. The molecule has 1 aliphatic rings. The largest absolute Gasteiger partial charge is 0.390 e. The van der Waals surface area contributed by atoms with Gasteiger partial charge in [-0.2, -0.15) is 0 Å².